The number of carboxylic acids is 1. The van der Waals surface area contributed by atoms with Gasteiger partial charge in [-0.1, -0.05) is 18.2 Å². The lowest BCUT2D eigenvalue weighted by molar-refractivity contribution is -0.137. The van der Waals surface area contributed by atoms with Gasteiger partial charge in [-0.3, -0.25) is 4.79 Å². The Morgan fingerprint density at radius 2 is 2.00 bits per heavy atom. The van der Waals surface area contributed by atoms with Gasteiger partial charge in [0.2, 0.25) is 5.89 Å². The van der Waals surface area contributed by atoms with Gasteiger partial charge in [-0.2, -0.15) is 0 Å². The predicted molar refractivity (Wildman–Crippen MR) is 77.2 cm³/mol. The number of rotatable bonds is 5. The summed E-state index contributed by atoms with van der Waals surface area (Å²) in [6, 6.07) is 14.9. The molecule has 1 heterocycles. The first kappa shape index (κ1) is 13.2. The van der Waals surface area contributed by atoms with Gasteiger partial charge in [-0.05, 0) is 24.3 Å². The molecule has 3 rings (SSSR count). The largest absolute Gasteiger partial charge is 0.493 e. The van der Waals surface area contributed by atoms with Gasteiger partial charge in [0.05, 0.1) is 13.0 Å². The molecule has 0 unspecified atom stereocenters. The van der Waals surface area contributed by atoms with Crippen LogP contribution in [0.5, 0.6) is 5.75 Å². The first-order valence-corrected chi connectivity index (χ1v) is 6.53. The SMILES string of the molecule is O=C(O)CCOc1ccc2oc(-c3ccccc3)nc2c1. The number of hydrogen-bond acceptors (Lipinski definition) is 4. The van der Waals surface area contributed by atoms with Crippen molar-refractivity contribution in [1.82, 2.24) is 4.98 Å². The Morgan fingerprint density at radius 1 is 1.19 bits per heavy atom. The summed E-state index contributed by atoms with van der Waals surface area (Å²) in [4.78, 5) is 14.9. The van der Waals surface area contributed by atoms with E-state index in [2.05, 4.69) is 4.98 Å². The van der Waals surface area contributed by atoms with Crippen molar-refractivity contribution < 1.29 is 19.1 Å². The minimum Gasteiger partial charge on any atom is -0.493 e. The Hall–Kier alpha value is -2.82. The molecule has 0 saturated heterocycles. The van der Waals surface area contributed by atoms with E-state index < -0.39 is 5.97 Å². The normalized spacial score (nSPS) is 10.7. The predicted octanol–water partition coefficient (Wildman–Crippen LogP) is 3.35. The van der Waals surface area contributed by atoms with E-state index in [1.807, 2.05) is 30.3 Å². The van der Waals surface area contributed by atoms with Gasteiger partial charge in [-0.15, -0.1) is 0 Å². The molecule has 0 spiro atoms. The molecule has 0 aliphatic rings. The topological polar surface area (TPSA) is 72.6 Å². The fraction of sp³-hybridized carbons (Fsp3) is 0.125. The van der Waals surface area contributed by atoms with Crippen molar-refractivity contribution in [2.45, 2.75) is 6.42 Å². The Bertz CT molecular complexity index is 764. The maximum atomic E-state index is 10.5. The second-order valence-corrected chi connectivity index (χ2v) is 4.51. The number of carbonyl (C=O) groups is 1. The molecule has 0 bridgehead atoms. The maximum Gasteiger partial charge on any atom is 0.306 e. The molecule has 0 saturated carbocycles. The molecular formula is C16H13NO4. The van der Waals surface area contributed by atoms with Crippen molar-refractivity contribution >= 4 is 17.1 Å². The molecule has 0 aliphatic carbocycles. The molecule has 106 valence electrons. The number of aliphatic carboxylic acids is 1. The molecule has 0 amide bonds. The third-order valence-corrected chi connectivity index (χ3v) is 2.96. The fourth-order valence-corrected chi connectivity index (χ4v) is 1.96. The van der Waals surface area contributed by atoms with Crippen LogP contribution in [-0.4, -0.2) is 22.7 Å². The van der Waals surface area contributed by atoms with Gasteiger partial charge < -0.3 is 14.3 Å². The number of hydrogen-bond donors (Lipinski definition) is 1. The second-order valence-electron chi connectivity index (χ2n) is 4.51. The van der Waals surface area contributed by atoms with Gasteiger partial charge >= 0.3 is 5.97 Å². The molecule has 5 heteroatoms. The van der Waals surface area contributed by atoms with Gasteiger partial charge in [0.25, 0.3) is 0 Å². The summed E-state index contributed by atoms with van der Waals surface area (Å²) >= 11 is 0. The van der Waals surface area contributed by atoms with Crippen molar-refractivity contribution in [1.29, 1.82) is 0 Å². The Labute approximate surface area is 120 Å². The van der Waals surface area contributed by atoms with Crippen molar-refractivity contribution in [2.24, 2.45) is 0 Å². The molecule has 2 aromatic carbocycles. The Balaban J connectivity index is 1.83. The summed E-state index contributed by atoms with van der Waals surface area (Å²) in [5.74, 6) is 0.244. The van der Waals surface area contributed by atoms with E-state index in [0.717, 1.165) is 5.56 Å². The van der Waals surface area contributed by atoms with E-state index in [0.29, 0.717) is 22.7 Å². The fourth-order valence-electron chi connectivity index (χ4n) is 1.96. The maximum absolute atomic E-state index is 10.5. The lowest BCUT2D eigenvalue weighted by atomic mass is 10.2. The van der Waals surface area contributed by atoms with Gasteiger partial charge in [0, 0.05) is 11.6 Å². The van der Waals surface area contributed by atoms with Crippen LogP contribution in [0.15, 0.2) is 52.9 Å². The first-order chi connectivity index (χ1) is 10.2. The van der Waals surface area contributed by atoms with Crippen molar-refractivity contribution in [3.63, 3.8) is 0 Å². The van der Waals surface area contributed by atoms with Crippen LogP contribution >= 0.6 is 0 Å². The molecular weight excluding hydrogens is 270 g/mol. The molecule has 0 fully saturated rings. The summed E-state index contributed by atoms with van der Waals surface area (Å²) < 4.78 is 11.1. The zero-order valence-electron chi connectivity index (χ0n) is 11.2. The molecule has 0 atom stereocenters. The molecule has 0 radical (unpaired) electrons. The summed E-state index contributed by atoms with van der Waals surface area (Å²) in [7, 11) is 0. The van der Waals surface area contributed by atoms with Crippen molar-refractivity contribution in [3.8, 4) is 17.2 Å². The second kappa shape index (κ2) is 5.66. The quantitative estimate of drug-likeness (QED) is 0.777. The minimum absolute atomic E-state index is 0.0356. The Morgan fingerprint density at radius 3 is 2.76 bits per heavy atom. The zero-order valence-corrected chi connectivity index (χ0v) is 11.2. The first-order valence-electron chi connectivity index (χ1n) is 6.53. The zero-order chi connectivity index (χ0) is 14.7. The molecule has 1 aromatic heterocycles. The van der Waals surface area contributed by atoms with Crippen LogP contribution < -0.4 is 4.74 Å². The number of nitrogens with zero attached hydrogens (tertiary/aromatic N) is 1. The van der Waals surface area contributed by atoms with Crippen LogP contribution in [0, 0.1) is 0 Å². The third kappa shape index (κ3) is 3.02. The summed E-state index contributed by atoms with van der Waals surface area (Å²) in [6.45, 7) is 0.129. The van der Waals surface area contributed by atoms with Crippen LogP contribution in [-0.2, 0) is 4.79 Å². The van der Waals surface area contributed by atoms with E-state index in [9.17, 15) is 4.79 Å². The average Bonchev–Trinajstić information content (AvgIpc) is 2.91. The van der Waals surface area contributed by atoms with Gasteiger partial charge in [0.15, 0.2) is 5.58 Å². The molecule has 5 nitrogen and oxygen atoms in total. The lowest BCUT2D eigenvalue weighted by Gasteiger charge is -2.02. The molecule has 1 N–H and O–H groups in total. The van der Waals surface area contributed by atoms with Crippen LogP contribution in [0.25, 0.3) is 22.6 Å². The molecule has 0 aliphatic heterocycles. The monoisotopic (exact) mass is 283 g/mol. The van der Waals surface area contributed by atoms with E-state index in [4.69, 9.17) is 14.3 Å². The smallest absolute Gasteiger partial charge is 0.306 e. The van der Waals surface area contributed by atoms with Crippen LogP contribution in [0.4, 0.5) is 0 Å². The number of benzene rings is 2. The highest BCUT2D eigenvalue weighted by atomic mass is 16.5. The third-order valence-electron chi connectivity index (χ3n) is 2.96. The van der Waals surface area contributed by atoms with Crippen molar-refractivity contribution in [2.75, 3.05) is 6.61 Å². The van der Waals surface area contributed by atoms with E-state index in [1.54, 1.807) is 18.2 Å². The number of oxazole rings is 1. The summed E-state index contributed by atoms with van der Waals surface area (Å²) in [5, 5.41) is 8.59. The van der Waals surface area contributed by atoms with Crippen LogP contribution in [0.2, 0.25) is 0 Å². The number of aromatic nitrogens is 1. The minimum atomic E-state index is -0.885. The van der Waals surface area contributed by atoms with Gasteiger partial charge in [-0.25, -0.2) is 4.98 Å². The lowest BCUT2D eigenvalue weighted by Crippen LogP contribution is -2.04. The highest BCUT2D eigenvalue weighted by Crippen LogP contribution is 2.26. The van der Waals surface area contributed by atoms with Crippen LogP contribution in [0.3, 0.4) is 0 Å². The van der Waals surface area contributed by atoms with E-state index in [1.165, 1.54) is 0 Å². The van der Waals surface area contributed by atoms with E-state index >= 15 is 0 Å². The number of carboxylic acid groups (broad SMARTS) is 1. The summed E-state index contributed by atoms with van der Waals surface area (Å²) in [6.07, 6.45) is -0.0356. The Kier molecular flexibility index (Phi) is 3.55. The van der Waals surface area contributed by atoms with E-state index in [-0.39, 0.29) is 13.0 Å². The highest BCUT2D eigenvalue weighted by Gasteiger charge is 2.09. The molecule has 21 heavy (non-hydrogen) atoms. The van der Waals surface area contributed by atoms with Crippen molar-refractivity contribution in [3.05, 3.63) is 48.5 Å². The average molecular weight is 283 g/mol. The van der Waals surface area contributed by atoms with Crippen LogP contribution in [0.1, 0.15) is 6.42 Å². The highest BCUT2D eigenvalue weighted by molar-refractivity contribution is 5.77. The molecule has 3 aromatic rings. The number of fused-ring (bicyclic) bond motifs is 1. The number of ether oxygens (including phenoxy) is 1. The van der Waals surface area contributed by atoms with Gasteiger partial charge in [0.1, 0.15) is 11.3 Å². The standard InChI is InChI=1S/C16H13NO4/c18-15(19)8-9-20-12-6-7-14-13(10-12)17-16(21-14)11-4-2-1-3-5-11/h1-7,10H,8-9H2,(H,18,19). The summed E-state index contributed by atoms with van der Waals surface area (Å²) in [5.41, 5.74) is 2.25.